The second kappa shape index (κ2) is 6.96. The fourth-order valence-corrected chi connectivity index (χ4v) is 2.81. The Kier molecular flexibility index (Phi) is 4.76. The summed E-state index contributed by atoms with van der Waals surface area (Å²) in [6.07, 6.45) is 8.44. The molecule has 0 radical (unpaired) electrons. The molecule has 0 amide bonds. The topological polar surface area (TPSA) is 58.4 Å². The van der Waals surface area contributed by atoms with Gasteiger partial charge in [-0.2, -0.15) is 0 Å². The molecule has 23 heavy (non-hydrogen) atoms. The number of aromatic hydroxyl groups is 1. The monoisotopic (exact) mass is 313 g/mol. The third-order valence-electron chi connectivity index (χ3n) is 4.38. The van der Waals surface area contributed by atoms with Crippen LogP contribution in [0.5, 0.6) is 5.75 Å². The first-order valence-electron chi connectivity index (χ1n) is 8.22. The van der Waals surface area contributed by atoms with Crippen molar-refractivity contribution in [3.05, 3.63) is 58.3 Å². The first kappa shape index (κ1) is 15.7. The van der Waals surface area contributed by atoms with Crippen molar-refractivity contribution >= 4 is 0 Å². The Balaban J connectivity index is 1.71. The molecule has 0 bridgehead atoms. The van der Waals surface area contributed by atoms with Gasteiger partial charge in [0.15, 0.2) is 5.75 Å². The molecule has 5 heteroatoms. The highest BCUT2D eigenvalue weighted by Gasteiger charge is 2.26. The van der Waals surface area contributed by atoms with Gasteiger partial charge in [0.05, 0.1) is 6.20 Å². The van der Waals surface area contributed by atoms with Crippen molar-refractivity contribution in [2.45, 2.75) is 38.8 Å². The summed E-state index contributed by atoms with van der Waals surface area (Å²) in [5.41, 5.74) is 1.97. The molecule has 2 aromatic heterocycles. The molecule has 2 heterocycles. The van der Waals surface area contributed by atoms with Crippen LogP contribution in [0.25, 0.3) is 0 Å². The standard InChI is InChI=1S/C18H23N3O2/c1-2-20(10-7-14-5-8-19-9-6-14)12-16-11-17(22)18(23)13-21(16)15-3-4-15/h5-6,8-9,11,13,15,23H,2-4,7,10,12H2,1H3. The maximum absolute atomic E-state index is 11.8. The summed E-state index contributed by atoms with van der Waals surface area (Å²) >= 11 is 0. The summed E-state index contributed by atoms with van der Waals surface area (Å²) in [6, 6.07) is 6.10. The van der Waals surface area contributed by atoms with Crippen LogP contribution in [0.3, 0.4) is 0 Å². The highest BCUT2D eigenvalue weighted by molar-refractivity contribution is 5.22. The van der Waals surface area contributed by atoms with Crippen LogP contribution >= 0.6 is 0 Å². The van der Waals surface area contributed by atoms with Gasteiger partial charge in [0.25, 0.3) is 0 Å². The molecule has 3 rings (SSSR count). The number of nitrogens with zero attached hydrogens (tertiary/aromatic N) is 3. The van der Waals surface area contributed by atoms with Crippen molar-refractivity contribution in [2.24, 2.45) is 0 Å². The van der Waals surface area contributed by atoms with Gasteiger partial charge in [-0.25, -0.2) is 0 Å². The Morgan fingerprint density at radius 2 is 2.09 bits per heavy atom. The third-order valence-corrected chi connectivity index (χ3v) is 4.38. The van der Waals surface area contributed by atoms with E-state index in [-0.39, 0.29) is 11.2 Å². The van der Waals surface area contributed by atoms with Crippen LogP contribution < -0.4 is 5.43 Å². The van der Waals surface area contributed by atoms with Crippen molar-refractivity contribution in [3.63, 3.8) is 0 Å². The second-order valence-corrected chi connectivity index (χ2v) is 6.13. The largest absolute Gasteiger partial charge is 0.503 e. The number of rotatable bonds is 7. The van der Waals surface area contributed by atoms with Crippen LogP contribution in [0.1, 0.15) is 37.1 Å². The molecule has 0 atom stereocenters. The number of likely N-dealkylation sites (N-methyl/N-ethyl adjacent to an activating group) is 1. The van der Waals surface area contributed by atoms with E-state index < -0.39 is 0 Å². The summed E-state index contributed by atoms with van der Waals surface area (Å²) < 4.78 is 2.08. The van der Waals surface area contributed by atoms with E-state index in [1.54, 1.807) is 12.3 Å². The van der Waals surface area contributed by atoms with Crippen molar-refractivity contribution < 1.29 is 5.11 Å². The smallest absolute Gasteiger partial charge is 0.223 e. The SMILES string of the molecule is CCN(CCc1ccncc1)Cc1cc(=O)c(O)cn1C1CC1. The van der Waals surface area contributed by atoms with Crippen LogP contribution in [0.2, 0.25) is 0 Å². The molecule has 122 valence electrons. The Hall–Kier alpha value is -2.14. The Morgan fingerprint density at radius 1 is 1.35 bits per heavy atom. The number of hydrogen-bond donors (Lipinski definition) is 1. The average Bonchev–Trinajstić information content (AvgIpc) is 3.40. The van der Waals surface area contributed by atoms with E-state index in [0.29, 0.717) is 6.04 Å². The van der Waals surface area contributed by atoms with Gasteiger partial charge in [0.2, 0.25) is 5.43 Å². The van der Waals surface area contributed by atoms with Crippen LogP contribution in [0.4, 0.5) is 0 Å². The minimum atomic E-state index is -0.290. The molecule has 1 fully saturated rings. The van der Waals surface area contributed by atoms with Gasteiger partial charge in [-0.1, -0.05) is 6.92 Å². The van der Waals surface area contributed by atoms with Crippen LogP contribution in [-0.4, -0.2) is 32.6 Å². The van der Waals surface area contributed by atoms with E-state index in [9.17, 15) is 9.90 Å². The first-order chi connectivity index (χ1) is 11.2. The van der Waals surface area contributed by atoms with E-state index >= 15 is 0 Å². The van der Waals surface area contributed by atoms with Crippen molar-refractivity contribution in [1.29, 1.82) is 0 Å². The van der Waals surface area contributed by atoms with Gasteiger partial charge in [0.1, 0.15) is 0 Å². The van der Waals surface area contributed by atoms with Gasteiger partial charge in [-0.05, 0) is 43.5 Å². The molecule has 2 aromatic rings. The van der Waals surface area contributed by atoms with Crippen molar-refractivity contribution in [2.75, 3.05) is 13.1 Å². The predicted molar refractivity (Wildman–Crippen MR) is 89.5 cm³/mol. The summed E-state index contributed by atoms with van der Waals surface area (Å²) in [5.74, 6) is -0.152. The van der Waals surface area contributed by atoms with Gasteiger partial charge in [-0.15, -0.1) is 0 Å². The lowest BCUT2D eigenvalue weighted by Gasteiger charge is -2.23. The highest BCUT2D eigenvalue weighted by Crippen LogP contribution is 2.36. The summed E-state index contributed by atoms with van der Waals surface area (Å²) in [5, 5.41) is 9.69. The first-order valence-corrected chi connectivity index (χ1v) is 8.22. The Morgan fingerprint density at radius 3 is 2.74 bits per heavy atom. The lowest BCUT2D eigenvalue weighted by atomic mass is 10.2. The lowest BCUT2D eigenvalue weighted by Crippen LogP contribution is -2.28. The van der Waals surface area contributed by atoms with Crippen LogP contribution in [0, 0.1) is 0 Å². The number of aromatic nitrogens is 2. The average molecular weight is 313 g/mol. The van der Waals surface area contributed by atoms with E-state index in [4.69, 9.17) is 0 Å². The van der Waals surface area contributed by atoms with E-state index in [1.165, 1.54) is 5.56 Å². The van der Waals surface area contributed by atoms with E-state index in [2.05, 4.69) is 21.4 Å². The minimum absolute atomic E-state index is 0.152. The quantitative estimate of drug-likeness (QED) is 0.852. The zero-order valence-corrected chi connectivity index (χ0v) is 13.5. The molecule has 1 N–H and O–H groups in total. The van der Waals surface area contributed by atoms with Gasteiger partial charge < -0.3 is 9.67 Å². The summed E-state index contributed by atoms with van der Waals surface area (Å²) in [4.78, 5) is 18.2. The second-order valence-electron chi connectivity index (χ2n) is 6.13. The molecule has 1 aliphatic rings. The fourth-order valence-electron chi connectivity index (χ4n) is 2.81. The molecule has 0 unspecified atom stereocenters. The van der Waals surface area contributed by atoms with E-state index in [1.807, 2.05) is 24.5 Å². The normalized spacial score (nSPS) is 14.3. The Bertz CT molecular complexity index is 708. The van der Waals surface area contributed by atoms with Crippen molar-refractivity contribution in [1.82, 2.24) is 14.5 Å². The molecule has 0 saturated heterocycles. The number of hydrogen-bond acceptors (Lipinski definition) is 4. The molecule has 0 aliphatic heterocycles. The van der Waals surface area contributed by atoms with Gasteiger partial charge >= 0.3 is 0 Å². The highest BCUT2D eigenvalue weighted by atomic mass is 16.3. The molecule has 1 aliphatic carbocycles. The molecule has 0 aromatic carbocycles. The van der Waals surface area contributed by atoms with Crippen molar-refractivity contribution in [3.8, 4) is 5.75 Å². The van der Waals surface area contributed by atoms with Gasteiger partial charge in [0, 0.05) is 43.3 Å². The number of pyridine rings is 2. The maximum atomic E-state index is 11.8. The zero-order valence-electron chi connectivity index (χ0n) is 13.5. The van der Waals surface area contributed by atoms with Gasteiger partial charge in [-0.3, -0.25) is 14.7 Å². The van der Waals surface area contributed by atoms with E-state index in [0.717, 1.165) is 44.6 Å². The lowest BCUT2D eigenvalue weighted by molar-refractivity contribution is 0.274. The maximum Gasteiger partial charge on any atom is 0.223 e. The van der Waals surface area contributed by atoms with Crippen LogP contribution in [-0.2, 0) is 13.0 Å². The molecule has 5 nitrogen and oxygen atoms in total. The zero-order chi connectivity index (χ0) is 16.2. The summed E-state index contributed by atoms with van der Waals surface area (Å²) in [6.45, 7) is 4.71. The minimum Gasteiger partial charge on any atom is -0.503 e. The third kappa shape index (κ3) is 3.99. The molecular weight excluding hydrogens is 290 g/mol. The summed E-state index contributed by atoms with van der Waals surface area (Å²) in [7, 11) is 0. The molecule has 0 spiro atoms. The predicted octanol–water partition coefficient (Wildman–Crippen LogP) is 2.35. The molecular formula is C18H23N3O2. The Labute approximate surface area is 136 Å². The molecule has 1 saturated carbocycles. The fraction of sp³-hybridized carbons (Fsp3) is 0.444. The van der Waals surface area contributed by atoms with Crippen LogP contribution in [0.15, 0.2) is 41.6 Å².